The van der Waals surface area contributed by atoms with Crippen molar-refractivity contribution in [2.45, 2.75) is 38.8 Å². The van der Waals surface area contributed by atoms with Gasteiger partial charge in [0.2, 0.25) is 0 Å². The van der Waals surface area contributed by atoms with Crippen LogP contribution in [0, 0.1) is 12.3 Å². The van der Waals surface area contributed by atoms with Crippen molar-refractivity contribution >= 4 is 23.0 Å². The predicted molar refractivity (Wildman–Crippen MR) is 102 cm³/mol. The van der Waals surface area contributed by atoms with E-state index in [1.807, 2.05) is 12.1 Å². The smallest absolute Gasteiger partial charge is 0.408 e. The molecular formula is C20H24N2O5. The first-order valence-corrected chi connectivity index (χ1v) is 8.47. The number of fused-ring (bicyclic) bond motifs is 1. The van der Waals surface area contributed by atoms with Crippen LogP contribution in [0.25, 0.3) is 10.9 Å². The van der Waals surface area contributed by atoms with Gasteiger partial charge in [0.15, 0.2) is 0 Å². The average Bonchev–Trinajstić information content (AvgIpc) is 2.99. The van der Waals surface area contributed by atoms with E-state index in [-0.39, 0.29) is 13.0 Å². The van der Waals surface area contributed by atoms with Crippen LogP contribution in [0.1, 0.15) is 26.3 Å². The number of alkyl carbamates (subject to hydrolysis) is 1. The van der Waals surface area contributed by atoms with E-state index in [0.29, 0.717) is 5.75 Å². The molecule has 7 heteroatoms. The summed E-state index contributed by atoms with van der Waals surface area (Å²) in [5.74, 6) is 2.48. The van der Waals surface area contributed by atoms with E-state index in [2.05, 4.69) is 16.2 Å². The Hall–Kier alpha value is -3.14. The second-order valence-electron chi connectivity index (χ2n) is 6.94. The molecule has 2 rings (SSSR count). The standard InChI is InChI=1S/C20H24N2O5/c1-6-9-26-14-7-8-16-15(11-14)13(12-21-16)10-17(18(23)25-5)22-19(24)27-20(2,3)4/h1,7-8,11-12,17,21H,9-10H2,2-5H3,(H,22,24)/t17-/m0/s1. The summed E-state index contributed by atoms with van der Waals surface area (Å²) in [7, 11) is 1.27. The summed E-state index contributed by atoms with van der Waals surface area (Å²) in [6.07, 6.45) is 6.54. The molecule has 1 amide bonds. The van der Waals surface area contributed by atoms with Gasteiger partial charge in [-0.15, -0.1) is 6.42 Å². The summed E-state index contributed by atoms with van der Waals surface area (Å²) < 4.78 is 15.5. The maximum Gasteiger partial charge on any atom is 0.408 e. The highest BCUT2D eigenvalue weighted by Gasteiger charge is 2.26. The molecule has 1 aromatic carbocycles. The van der Waals surface area contributed by atoms with Crippen LogP contribution in [0.2, 0.25) is 0 Å². The number of H-pyrrole nitrogens is 1. The number of aromatic amines is 1. The zero-order chi connectivity index (χ0) is 20.0. The van der Waals surface area contributed by atoms with Crippen molar-refractivity contribution in [3.05, 3.63) is 30.0 Å². The molecule has 2 aromatic rings. The minimum absolute atomic E-state index is 0.163. The second-order valence-corrected chi connectivity index (χ2v) is 6.94. The molecule has 27 heavy (non-hydrogen) atoms. The highest BCUT2D eigenvalue weighted by Crippen LogP contribution is 2.25. The number of methoxy groups -OCH3 is 1. The fourth-order valence-corrected chi connectivity index (χ4v) is 2.55. The zero-order valence-electron chi connectivity index (χ0n) is 15.9. The highest BCUT2D eigenvalue weighted by molar-refractivity contribution is 5.87. The summed E-state index contributed by atoms with van der Waals surface area (Å²) >= 11 is 0. The Kier molecular flexibility index (Phi) is 6.35. The van der Waals surface area contributed by atoms with Gasteiger partial charge in [-0.3, -0.25) is 0 Å². The average molecular weight is 372 g/mol. The lowest BCUT2D eigenvalue weighted by Gasteiger charge is -2.22. The van der Waals surface area contributed by atoms with Gasteiger partial charge in [-0.1, -0.05) is 5.92 Å². The van der Waals surface area contributed by atoms with Crippen LogP contribution in [0.15, 0.2) is 24.4 Å². The summed E-state index contributed by atoms with van der Waals surface area (Å²) in [5.41, 5.74) is 1.02. The monoisotopic (exact) mass is 372 g/mol. The number of hydrogen-bond donors (Lipinski definition) is 2. The molecule has 7 nitrogen and oxygen atoms in total. The van der Waals surface area contributed by atoms with Crippen molar-refractivity contribution in [3.63, 3.8) is 0 Å². The van der Waals surface area contributed by atoms with Crippen molar-refractivity contribution in [3.8, 4) is 18.1 Å². The minimum atomic E-state index is -0.890. The van der Waals surface area contributed by atoms with Gasteiger partial charge in [0, 0.05) is 23.5 Å². The van der Waals surface area contributed by atoms with E-state index in [9.17, 15) is 9.59 Å². The lowest BCUT2D eigenvalue weighted by molar-refractivity contribution is -0.143. The van der Waals surface area contributed by atoms with E-state index in [0.717, 1.165) is 16.5 Å². The zero-order valence-corrected chi connectivity index (χ0v) is 15.9. The Morgan fingerprint density at radius 3 is 2.70 bits per heavy atom. The number of terminal acetylenes is 1. The molecule has 0 aliphatic rings. The summed E-state index contributed by atoms with van der Waals surface area (Å²) in [6.45, 7) is 5.40. The van der Waals surface area contributed by atoms with E-state index in [1.54, 1.807) is 33.0 Å². The first kappa shape index (κ1) is 20.2. The largest absolute Gasteiger partial charge is 0.481 e. The molecule has 0 radical (unpaired) electrons. The van der Waals surface area contributed by atoms with Crippen LogP contribution in [-0.4, -0.2) is 42.4 Å². The minimum Gasteiger partial charge on any atom is -0.481 e. The van der Waals surface area contributed by atoms with Crippen molar-refractivity contribution in [1.82, 2.24) is 10.3 Å². The van der Waals surface area contributed by atoms with E-state index < -0.39 is 23.7 Å². The Morgan fingerprint density at radius 2 is 2.07 bits per heavy atom. The van der Waals surface area contributed by atoms with Crippen molar-refractivity contribution in [2.75, 3.05) is 13.7 Å². The molecule has 1 aromatic heterocycles. The highest BCUT2D eigenvalue weighted by atomic mass is 16.6. The fraction of sp³-hybridized carbons (Fsp3) is 0.400. The van der Waals surface area contributed by atoms with Crippen LogP contribution in [0.3, 0.4) is 0 Å². The molecule has 0 saturated heterocycles. The molecule has 0 saturated carbocycles. The van der Waals surface area contributed by atoms with Gasteiger partial charge >= 0.3 is 12.1 Å². The summed E-state index contributed by atoms with van der Waals surface area (Å²) in [5, 5.41) is 3.43. The number of benzene rings is 1. The van der Waals surface area contributed by atoms with Gasteiger partial charge in [-0.05, 0) is 44.5 Å². The Bertz CT molecular complexity index is 857. The first-order valence-electron chi connectivity index (χ1n) is 8.47. The number of ether oxygens (including phenoxy) is 3. The van der Waals surface area contributed by atoms with Gasteiger partial charge in [-0.25, -0.2) is 9.59 Å². The van der Waals surface area contributed by atoms with E-state index in [1.165, 1.54) is 7.11 Å². The van der Waals surface area contributed by atoms with Gasteiger partial charge < -0.3 is 24.5 Å². The van der Waals surface area contributed by atoms with E-state index in [4.69, 9.17) is 20.6 Å². The summed E-state index contributed by atoms with van der Waals surface area (Å²) in [6, 6.07) is 4.61. The third-order valence-electron chi connectivity index (χ3n) is 3.66. The maximum absolute atomic E-state index is 12.1. The summed E-state index contributed by atoms with van der Waals surface area (Å²) in [4.78, 5) is 27.3. The lowest BCUT2D eigenvalue weighted by atomic mass is 10.0. The van der Waals surface area contributed by atoms with Gasteiger partial charge in [0.05, 0.1) is 7.11 Å². The molecule has 0 bridgehead atoms. The molecule has 0 unspecified atom stereocenters. The molecule has 0 aliphatic heterocycles. The van der Waals surface area contributed by atoms with Crippen molar-refractivity contribution in [2.24, 2.45) is 0 Å². The molecule has 144 valence electrons. The molecule has 0 aliphatic carbocycles. The number of amides is 1. The number of hydrogen-bond acceptors (Lipinski definition) is 5. The number of aromatic nitrogens is 1. The SMILES string of the molecule is C#CCOc1ccc2[nH]cc(C[C@H](NC(=O)OC(C)(C)C)C(=O)OC)c2c1. The van der Waals surface area contributed by atoms with Crippen LogP contribution >= 0.6 is 0 Å². The third kappa shape index (κ3) is 5.68. The third-order valence-corrected chi connectivity index (χ3v) is 3.66. The Morgan fingerprint density at radius 1 is 1.33 bits per heavy atom. The number of carbonyl (C=O) groups excluding carboxylic acids is 2. The molecule has 0 fully saturated rings. The maximum atomic E-state index is 12.1. The Labute approximate surface area is 158 Å². The van der Waals surface area contributed by atoms with Crippen molar-refractivity contribution < 1.29 is 23.8 Å². The molecule has 2 N–H and O–H groups in total. The Balaban J connectivity index is 2.22. The number of rotatable bonds is 6. The fourth-order valence-electron chi connectivity index (χ4n) is 2.55. The van der Waals surface area contributed by atoms with Crippen LogP contribution in [0.4, 0.5) is 4.79 Å². The topological polar surface area (TPSA) is 89.6 Å². The molecular weight excluding hydrogens is 348 g/mol. The van der Waals surface area contributed by atoms with Crippen LogP contribution < -0.4 is 10.1 Å². The molecule has 1 atom stereocenters. The van der Waals surface area contributed by atoms with Crippen LogP contribution in [-0.2, 0) is 20.7 Å². The number of carbonyl (C=O) groups is 2. The van der Waals surface area contributed by atoms with Gasteiger partial charge in [0.1, 0.15) is 24.0 Å². The molecule has 1 heterocycles. The predicted octanol–water partition coefficient (Wildman–Crippen LogP) is 2.79. The van der Waals surface area contributed by atoms with Gasteiger partial charge in [-0.2, -0.15) is 0 Å². The van der Waals surface area contributed by atoms with Crippen molar-refractivity contribution in [1.29, 1.82) is 0 Å². The first-order chi connectivity index (χ1) is 12.7. The number of nitrogens with one attached hydrogen (secondary N) is 2. The van der Waals surface area contributed by atoms with E-state index >= 15 is 0 Å². The second kappa shape index (κ2) is 8.49. The number of esters is 1. The molecule has 0 spiro atoms. The van der Waals surface area contributed by atoms with Crippen LogP contribution in [0.5, 0.6) is 5.75 Å². The lowest BCUT2D eigenvalue weighted by Crippen LogP contribution is -2.45. The quantitative estimate of drug-likeness (QED) is 0.601. The van der Waals surface area contributed by atoms with Gasteiger partial charge in [0.25, 0.3) is 0 Å². The normalized spacial score (nSPS) is 12.1.